The molecular weight excluding hydrogens is 184 g/mol. The van der Waals surface area contributed by atoms with Gasteiger partial charge in [-0.05, 0) is 23.8 Å². The molecule has 0 aliphatic carbocycles. The minimum absolute atomic E-state index is 0.0463. The van der Waals surface area contributed by atoms with Crippen LogP contribution in [0.3, 0.4) is 0 Å². The molecule has 1 unspecified atom stereocenters. The summed E-state index contributed by atoms with van der Waals surface area (Å²) in [5, 5.41) is 6.78. The maximum absolute atomic E-state index is 7.06. The second-order valence-corrected chi connectivity index (χ2v) is 4.68. The third-order valence-corrected chi connectivity index (χ3v) is 2.59. The van der Waals surface area contributed by atoms with Gasteiger partial charge in [0.1, 0.15) is 0 Å². The van der Waals surface area contributed by atoms with E-state index in [1.165, 1.54) is 12.8 Å². The Morgan fingerprint density at radius 3 is 2.47 bits per heavy atom. The summed E-state index contributed by atoms with van der Waals surface area (Å²) >= 11 is 0. The SMILES string of the molecule is [C-]#[N+][C@@H](CC=C=N)CC(C)CCC(C)C. The summed E-state index contributed by atoms with van der Waals surface area (Å²) in [6, 6.07) is 0.0463. The lowest BCUT2D eigenvalue weighted by atomic mass is 9.93. The second-order valence-electron chi connectivity index (χ2n) is 4.68. The monoisotopic (exact) mass is 206 g/mol. The van der Waals surface area contributed by atoms with Gasteiger partial charge in [-0.1, -0.05) is 33.6 Å². The fourth-order valence-corrected chi connectivity index (χ4v) is 1.60. The van der Waals surface area contributed by atoms with Crippen LogP contribution in [0.2, 0.25) is 0 Å². The van der Waals surface area contributed by atoms with Gasteiger partial charge in [0.2, 0.25) is 6.04 Å². The average molecular weight is 206 g/mol. The lowest BCUT2D eigenvalue weighted by molar-refractivity contribution is 0.412. The van der Waals surface area contributed by atoms with Gasteiger partial charge in [-0.25, -0.2) is 6.57 Å². The Hall–Kier alpha value is -1.06. The van der Waals surface area contributed by atoms with Gasteiger partial charge in [0, 0.05) is 12.8 Å². The molecule has 0 fully saturated rings. The summed E-state index contributed by atoms with van der Waals surface area (Å²) in [5.74, 6) is 3.60. The van der Waals surface area contributed by atoms with Crippen molar-refractivity contribution in [2.75, 3.05) is 0 Å². The highest BCUT2D eigenvalue weighted by Gasteiger charge is 2.15. The third-order valence-electron chi connectivity index (χ3n) is 2.59. The van der Waals surface area contributed by atoms with Crippen LogP contribution in [0.4, 0.5) is 0 Å². The van der Waals surface area contributed by atoms with Gasteiger partial charge in [0.25, 0.3) is 0 Å². The molecule has 0 rings (SSSR count). The maximum Gasteiger partial charge on any atom is 0.228 e. The van der Waals surface area contributed by atoms with Crippen molar-refractivity contribution in [1.29, 1.82) is 5.41 Å². The van der Waals surface area contributed by atoms with Gasteiger partial charge in [-0.2, -0.15) is 0 Å². The van der Waals surface area contributed by atoms with E-state index in [1.54, 1.807) is 6.08 Å². The number of hydrogen-bond acceptors (Lipinski definition) is 1. The van der Waals surface area contributed by atoms with E-state index < -0.39 is 0 Å². The van der Waals surface area contributed by atoms with Gasteiger partial charge in [-0.3, -0.25) is 5.41 Å². The minimum atomic E-state index is 0.0463. The van der Waals surface area contributed by atoms with E-state index in [1.807, 2.05) is 0 Å². The van der Waals surface area contributed by atoms with Crippen molar-refractivity contribution in [3.8, 4) is 0 Å². The number of nitrogens with zero attached hydrogens (tertiary/aromatic N) is 1. The molecule has 0 spiro atoms. The first-order valence-corrected chi connectivity index (χ1v) is 5.70. The molecule has 0 radical (unpaired) electrons. The quantitative estimate of drug-likeness (QED) is 0.483. The van der Waals surface area contributed by atoms with Gasteiger partial charge in [0.15, 0.2) is 0 Å². The predicted octanol–water partition coefficient (Wildman–Crippen LogP) is 3.93. The van der Waals surface area contributed by atoms with E-state index in [-0.39, 0.29) is 6.04 Å². The van der Waals surface area contributed by atoms with Crippen molar-refractivity contribution in [3.05, 3.63) is 17.5 Å². The van der Waals surface area contributed by atoms with Crippen LogP contribution in [0.15, 0.2) is 6.08 Å². The molecule has 84 valence electrons. The molecule has 15 heavy (non-hydrogen) atoms. The van der Waals surface area contributed by atoms with Crippen LogP contribution in [0.25, 0.3) is 4.85 Å². The van der Waals surface area contributed by atoms with E-state index in [4.69, 9.17) is 12.0 Å². The Labute approximate surface area is 93.7 Å². The largest absolute Gasteiger partial charge is 0.313 e. The molecule has 0 aliphatic rings. The van der Waals surface area contributed by atoms with Crippen molar-refractivity contribution in [2.45, 2.75) is 52.5 Å². The van der Waals surface area contributed by atoms with Crippen LogP contribution in [0.1, 0.15) is 46.5 Å². The summed E-state index contributed by atoms with van der Waals surface area (Å²) in [4.78, 5) is 3.59. The summed E-state index contributed by atoms with van der Waals surface area (Å²) in [5.41, 5.74) is 0. The molecule has 0 saturated heterocycles. The Morgan fingerprint density at radius 2 is 2.00 bits per heavy atom. The molecule has 0 aromatic carbocycles. The summed E-state index contributed by atoms with van der Waals surface area (Å²) in [6.07, 6.45) is 5.73. The van der Waals surface area contributed by atoms with Gasteiger partial charge in [0.05, 0.1) is 0 Å². The molecule has 0 aromatic rings. The van der Waals surface area contributed by atoms with Crippen LogP contribution < -0.4 is 0 Å². The van der Waals surface area contributed by atoms with Crippen LogP contribution in [-0.4, -0.2) is 11.9 Å². The normalized spacial score (nSPS) is 14.1. The minimum Gasteiger partial charge on any atom is -0.313 e. The predicted molar refractivity (Wildman–Crippen MR) is 65.2 cm³/mol. The zero-order valence-corrected chi connectivity index (χ0v) is 10.1. The van der Waals surface area contributed by atoms with E-state index >= 15 is 0 Å². The first-order valence-electron chi connectivity index (χ1n) is 5.70. The summed E-state index contributed by atoms with van der Waals surface area (Å²) < 4.78 is 0. The summed E-state index contributed by atoms with van der Waals surface area (Å²) in [7, 11) is 0. The number of nitrogens with one attached hydrogen (secondary N) is 1. The fraction of sp³-hybridized carbons (Fsp3) is 0.769. The average Bonchev–Trinajstić information content (AvgIpc) is 2.21. The zero-order valence-electron chi connectivity index (χ0n) is 10.1. The Bertz CT molecular complexity index is 244. The van der Waals surface area contributed by atoms with Gasteiger partial charge in [-0.15, -0.1) is 0 Å². The summed E-state index contributed by atoms with van der Waals surface area (Å²) in [6.45, 7) is 13.7. The van der Waals surface area contributed by atoms with Crippen LogP contribution >= 0.6 is 0 Å². The smallest absolute Gasteiger partial charge is 0.228 e. The fourth-order valence-electron chi connectivity index (χ4n) is 1.60. The molecule has 2 nitrogen and oxygen atoms in total. The molecule has 0 aliphatic heterocycles. The van der Waals surface area contributed by atoms with Crippen LogP contribution in [-0.2, 0) is 0 Å². The van der Waals surface area contributed by atoms with E-state index in [2.05, 4.69) is 31.5 Å². The topological polar surface area (TPSA) is 28.2 Å². The Kier molecular flexibility index (Phi) is 7.68. The van der Waals surface area contributed by atoms with Gasteiger partial charge < -0.3 is 4.85 Å². The molecule has 0 bridgehead atoms. The molecule has 0 aromatic heterocycles. The number of rotatable bonds is 7. The molecule has 0 amide bonds. The highest BCUT2D eigenvalue weighted by atomic mass is 14.7. The van der Waals surface area contributed by atoms with Crippen molar-refractivity contribution >= 4 is 5.87 Å². The Balaban J connectivity index is 3.86. The van der Waals surface area contributed by atoms with Crippen molar-refractivity contribution in [2.24, 2.45) is 11.8 Å². The molecule has 0 saturated carbocycles. The van der Waals surface area contributed by atoms with E-state index in [0.29, 0.717) is 12.3 Å². The highest BCUT2D eigenvalue weighted by molar-refractivity contribution is 5.47. The zero-order chi connectivity index (χ0) is 11.7. The highest BCUT2D eigenvalue weighted by Crippen LogP contribution is 2.19. The number of hydrogen-bond donors (Lipinski definition) is 1. The first kappa shape index (κ1) is 13.9. The van der Waals surface area contributed by atoms with Crippen LogP contribution in [0.5, 0.6) is 0 Å². The molecule has 2 heteroatoms. The first-order chi connectivity index (χ1) is 7.10. The molecule has 1 N–H and O–H groups in total. The Morgan fingerprint density at radius 1 is 1.33 bits per heavy atom. The van der Waals surface area contributed by atoms with Crippen molar-refractivity contribution in [3.63, 3.8) is 0 Å². The van der Waals surface area contributed by atoms with Gasteiger partial charge >= 0.3 is 0 Å². The van der Waals surface area contributed by atoms with Crippen LogP contribution in [0, 0.1) is 23.8 Å². The standard InChI is InChI=1S/C13H22N2/c1-11(2)7-8-12(3)10-13(15-4)6-5-9-14/h5,11-14H,6-8,10H2,1-3H3/t12?,13-/m0/s1. The van der Waals surface area contributed by atoms with E-state index in [0.717, 1.165) is 12.3 Å². The maximum atomic E-state index is 7.06. The third kappa shape index (κ3) is 7.97. The molecule has 2 atom stereocenters. The molecular formula is C13H22N2. The lowest BCUT2D eigenvalue weighted by Gasteiger charge is -2.13. The second kappa shape index (κ2) is 8.26. The molecule has 0 heterocycles. The lowest BCUT2D eigenvalue weighted by Crippen LogP contribution is -2.08. The van der Waals surface area contributed by atoms with E-state index in [9.17, 15) is 0 Å². The van der Waals surface area contributed by atoms with Crippen molar-refractivity contribution in [1.82, 2.24) is 0 Å². The van der Waals surface area contributed by atoms with Crippen molar-refractivity contribution < 1.29 is 0 Å².